The number of nitrogens with zero attached hydrogens (tertiary/aromatic N) is 7. The van der Waals surface area contributed by atoms with Gasteiger partial charge in [0.2, 0.25) is 0 Å². The summed E-state index contributed by atoms with van der Waals surface area (Å²) in [5.41, 5.74) is 6.43. The third-order valence-corrected chi connectivity index (χ3v) is 8.69. The second kappa shape index (κ2) is 13.7. The summed E-state index contributed by atoms with van der Waals surface area (Å²) < 4.78 is 1.75. The molecule has 0 N–H and O–H groups in total. The number of hydrogen-bond donors (Lipinski definition) is 0. The van der Waals surface area contributed by atoms with Crippen LogP contribution < -0.4 is 4.90 Å². The summed E-state index contributed by atoms with van der Waals surface area (Å²) in [6.07, 6.45) is 2.55. The number of tetrazole rings is 1. The van der Waals surface area contributed by atoms with Crippen LogP contribution in [0.5, 0.6) is 0 Å². The number of benzene rings is 3. The van der Waals surface area contributed by atoms with Crippen molar-refractivity contribution in [3.05, 3.63) is 105 Å². The second-order valence-electron chi connectivity index (χ2n) is 11.2. The lowest BCUT2D eigenvalue weighted by Crippen LogP contribution is -2.47. The average Bonchev–Trinajstić information content (AvgIpc) is 3.49. The molecule has 1 saturated heterocycles. The lowest BCUT2D eigenvalue weighted by atomic mass is 9.94. The van der Waals surface area contributed by atoms with Crippen molar-refractivity contribution < 1.29 is 4.79 Å². The third-order valence-electron chi connectivity index (χ3n) is 7.95. The number of carbonyl (C=O) groups is 1. The number of anilines is 1. The Bertz CT molecular complexity index is 1480. The Morgan fingerprint density at radius 1 is 0.952 bits per heavy atom. The van der Waals surface area contributed by atoms with E-state index >= 15 is 0 Å². The molecule has 1 atom stereocenters. The van der Waals surface area contributed by atoms with Crippen LogP contribution in [-0.4, -0.2) is 82.2 Å². The molecule has 1 aliphatic heterocycles. The molecule has 1 aliphatic rings. The van der Waals surface area contributed by atoms with Crippen LogP contribution in [0.15, 0.2) is 67.0 Å². The molecular formula is C32H37Cl2N7O. The van der Waals surface area contributed by atoms with Gasteiger partial charge in [-0.2, -0.15) is 0 Å². The highest BCUT2D eigenvalue weighted by Gasteiger charge is 2.23. The Hall–Kier alpha value is -3.46. The van der Waals surface area contributed by atoms with Gasteiger partial charge in [-0.3, -0.25) is 9.69 Å². The van der Waals surface area contributed by atoms with Gasteiger partial charge < -0.3 is 9.80 Å². The zero-order chi connectivity index (χ0) is 29.6. The van der Waals surface area contributed by atoms with Gasteiger partial charge in [-0.15, -0.1) is 5.10 Å². The van der Waals surface area contributed by atoms with Gasteiger partial charge >= 0.3 is 0 Å². The average molecular weight is 607 g/mol. The van der Waals surface area contributed by atoms with E-state index in [1.807, 2.05) is 56.1 Å². The number of aromatic nitrogens is 4. The zero-order valence-corrected chi connectivity index (χ0v) is 25.9. The summed E-state index contributed by atoms with van der Waals surface area (Å²) >= 11 is 12.7. The summed E-state index contributed by atoms with van der Waals surface area (Å²) in [4.78, 5) is 20.2. The van der Waals surface area contributed by atoms with Crippen LogP contribution in [0.25, 0.3) is 0 Å². The summed E-state index contributed by atoms with van der Waals surface area (Å²) in [6, 6.07) is 20.3. The summed E-state index contributed by atoms with van der Waals surface area (Å²) in [5.74, 6) is 0.149. The molecule has 1 fully saturated rings. The number of likely N-dealkylation sites (N-methyl/N-ethyl adjacent to an activating group) is 1. The van der Waals surface area contributed by atoms with Crippen molar-refractivity contribution in [2.75, 3.05) is 51.2 Å². The Labute approximate surface area is 257 Å². The van der Waals surface area contributed by atoms with Crippen molar-refractivity contribution in [2.45, 2.75) is 32.7 Å². The van der Waals surface area contributed by atoms with Crippen molar-refractivity contribution in [2.24, 2.45) is 0 Å². The standard InChI is InChI=1S/C32H37Cl2N7O/c1-23-16-24(2)18-28(17-23)32(42)38(3)20-26(25-8-9-29(33)30(34)19-25)10-11-39-12-14-40(15-13-39)31-7-5-4-6-27(31)21-41-22-35-36-37-41/h4-9,16-19,22,26H,10-15,20-21H2,1-3H3/t26-/m1/s1. The molecule has 8 nitrogen and oxygen atoms in total. The van der Waals surface area contributed by atoms with Crippen LogP contribution in [0.2, 0.25) is 10.0 Å². The van der Waals surface area contributed by atoms with E-state index < -0.39 is 0 Å². The lowest BCUT2D eigenvalue weighted by Gasteiger charge is -2.37. The number of hydrogen-bond acceptors (Lipinski definition) is 6. The predicted octanol–water partition coefficient (Wildman–Crippen LogP) is 5.71. The fourth-order valence-electron chi connectivity index (χ4n) is 5.79. The number of para-hydroxylation sites is 1. The van der Waals surface area contributed by atoms with Gasteiger partial charge in [-0.05, 0) is 78.7 Å². The highest BCUT2D eigenvalue weighted by atomic mass is 35.5. The number of amides is 1. The molecule has 0 radical (unpaired) electrons. The first-order valence-electron chi connectivity index (χ1n) is 14.3. The highest BCUT2D eigenvalue weighted by Crippen LogP contribution is 2.30. The molecule has 1 aromatic heterocycles. The van der Waals surface area contributed by atoms with Crippen molar-refractivity contribution in [3.63, 3.8) is 0 Å². The van der Waals surface area contributed by atoms with Crippen LogP contribution in [0.3, 0.4) is 0 Å². The van der Waals surface area contributed by atoms with Gasteiger partial charge in [0.1, 0.15) is 6.33 Å². The highest BCUT2D eigenvalue weighted by molar-refractivity contribution is 6.42. The van der Waals surface area contributed by atoms with E-state index in [2.05, 4.69) is 55.7 Å². The van der Waals surface area contributed by atoms with Gasteiger partial charge in [0.05, 0.1) is 16.6 Å². The minimum Gasteiger partial charge on any atom is -0.369 e. The van der Waals surface area contributed by atoms with Crippen molar-refractivity contribution in [1.82, 2.24) is 30.0 Å². The van der Waals surface area contributed by atoms with Crippen LogP contribution in [0.4, 0.5) is 5.69 Å². The first-order valence-corrected chi connectivity index (χ1v) is 15.1. The minimum atomic E-state index is 0.0285. The van der Waals surface area contributed by atoms with E-state index in [1.54, 1.807) is 11.0 Å². The topological polar surface area (TPSA) is 70.4 Å². The van der Waals surface area contributed by atoms with E-state index in [0.29, 0.717) is 23.1 Å². The normalized spacial score (nSPS) is 14.6. The number of carbonyl (C=O) groups excluding carboxylic acids is 1. The van der Waals surface area contributed by atoms with Crippen LogP contribution in [-0.2, 0) is 6.54 Å². The van der Waals surface area contributed by atoms with E-state index in [0.717, 1.165) is 61.4 Å². The van der Waals surface area contributed by atoms with Gasteiger partial charge in [0.25, 0.3) is 5.91 Å². The third kappa shape index (κ3) is 7.48. The largest absolute Gasteiger partial charge is 0.369 e. The Morgan fingerprint density at radius 3 is 2.38 bits per heavy atom. The fourth-order valence-corrected chi connectivity index (χ4v) is 6.10. The van der Waals surface area contributed by atoms with E-state index in [-0.39, 0.29) is 11.8 Å². The fraction of sp³-hybridized carbons (Fsp3) is 0.375. The van der Waals surface area contributed by atoms with E-state index in [9.17, 15) is 4.79 Å². The van der Waals surface area contributed by atoms with Crippen LogP contribution in [0, 0.1) is 13.8 Å². The molecule has 1 amide bonds. The van der Waals surface area contributed by atoms with Crippen LogP contribution in [0.1, 0.15) is 45.0 Å². The molecule has 5 rings (SSSR count). The maximum atomic E-state index is 13.4. The molecule has 0 aliphatic carbocycles. The van der Waals surface area contributed by atoms with Gasteiger partial charge in [-0.1, -0.05) is 64.7 Å². The molecule has 42 heavy (non-hydrogen) atoms. The van der Waals surface area contributed by atoms with Gasteiger partial charge in [-0.25, -0.2) is 4.68 Å². The number of aryl methyl sites for hydroxylation is 2. The molecule has 2 heterocycles. The first-order chi connectivity index (χ1) is 20.3. The quantitative estimate of drug-likeness (QED) is 0.230. The number of halogens is 2. The molecule has 0 unspecified atom stereocenters. The van der Waals surface area contributed by atoms with E-state index in [1.165, 1.54) is 11.3 Å². The molecule has 4 aromatic rings. The Kier molecular flexibility index (Phi) is 9.77. The predicted molar refractivity (Wildman–Crippen MR) is 169 cm³/mol. The Balaban J connectivity index is 1.23. The molecule has 220 valence electrons. The molecule has 0 saturated carbocycles. The smallest absolute Gasteiger partial charge is 0.253 e. The number of piperazine rings is 1. The molecule has 0 spiro atoms. The Morgan fingerprint density at radius 2 is 1.69 bits per heavy atom. The number of rotatable bonds is 10. The van der Waals surface area contributed by atoms with Gasteiger partial charge in [0.15, 0.2) is 0 Å². The van der Waals surface area contributed by atoms with Crippen LogP contribution >= 0.6 is 23.2 Å². The first kappa shape index (κ1) is 30.0. The SMILES string of the molecule is Cc1cc(C)cc(C(=O)N(C)C[C@@H](CCN2CCN(c3ccccc3Cn3cnnn3)CC2)c2ccc(Cl)c(Cl)c2)c1. The zero-order valence-electron chi connectivity index (χ0n) is 24.4. The summed E-state index contributed by atoms with van der Waals surface area (Å²) in [7, 11) is 1.89. The van der Waals surface area contributed by atoms with Crippen molar-refractivity contribution in [3.8, 4) is 0 Å². The van der Waals surface area contributed by atoms with E-state index in [4.69, 9.17) is 23.2 Å². The molecule has 3 aromatic carbocycles. The molecule has 10 heteroatoms. The van der Waals surface area contributed by atoms with Gasteiger partial charge in [0, 0.05) is 56.9 Å². The molecular weight excluding hydrogens is 569 g/mol. The molecule has 0 bridgehead atoms. The minimum absolute atomic E-state index is 0.0285. The second-order valence-corrected chi connectivity index (χ2v) is 12.0. The lowest BCUT2D eigenvalue weighted by molar-refractivity contribution is 0.0782. The maximum absolute atomic E-state index is 13.4. The van der Waals surface area contributed by atoms with Crippen molar-refractivity contribution in [1.29, 1.82) is 0 Å². The summed E-state index contributed by atoms with van der Waals surface area (Å²) in [6.45, 7) is 10.0. The van der Waals surface area contributed by atoms with Crippen molar-refractivity contribution >= 4 is 34.8 Å². The summed E-state index contributed by atoms with van der Waals surface area (Å²) in [5, 5.41) is 12.6. The monoisotopic (exact) mass is 605 g/mol. The maximum Gasteiger partial charge on any atom is 0.253 e.